The second kappa shape index (κ2) is 11.3. The van der Waals surface area contributed by atoms with Crippen LogP contribution >= 0.6 is 24.0 Å². The van der Waals surface area contributed by atoms with Crippen LogP contribution in [0.5, 0.6) is 0 Å². The highest BCUT2D eigenvalue weighted by Gasteiger charge is 2.23. The summed E-state index contributed by atoms with van der Waals surface area (Å²) in [4.78, 5) is 6.61. The molecular weight excluding hydrogens is 492 g/mol. The molecule has 0 saturated carbocycles. The Morgan fingerprint density at radius 2 is 1.83 bits per heavy atom. The van der Waals surface area contributed by atoms with Crippen LogP contribution in [0, 0.1) is 23.4 Å². The number of guanidine groups is 1. The van der Waals surface area contributed by atoms with Gasteiger partial charge in [0.15, 0.2) is 17.6 Å². The molecule has 0 radical (unpaired) electrons. The molecule has 0 aliphatic carbocycles. The Labute approximate surface area is 186 Å². The van der Waals surface area contributed by atoms with Gasteiger partial charge in [-0.1, -0.05) is 12.1 Å². The average molecular weight is 518 g/mol. The first-order valence-corrected chi connectivity index (χ1v) is 9.51. The van der Waals surface area contributed by atoms with Gasteiger partial charge in [-0.2, -0.15) is 0 Å². The van der Waals surface area contributed by atoms with Gasteiger partial charge in [0.1, 0.15) is 5.82 Å². The molecule has 0 bridgehead atoms. The third-order valence-electron chi connectivity index (χ3n) is 4.79. The number of halogens is 4. The number of hydrogen-bond donors (Lipinski definition) is 2. The maximum absolute atomic E-state index is 13.5. The summed E-state index contributed by atoms with van der Waals surface area (Å²) in [5.41, 5.74) is 1.64. The van der Waals surface area contributed by atoms with E-state index < -0.39 is 11.6 Å². The van der Waals surface area contributed by atoms with Crippen molar-refractivity contribution in [2.45, 2.75) is 19.9 Å². The van der Waals surface area contributed by atoms with Crippen molar-refractivity contribution in [1.29, 1.82) is 0 Å². The average Bonchev–Trinajstić information content (AvgIpc) is 3.16. The molecule has 1 atom stereocenters. The van der Waals surface area contributed by atoms with Crippen LogP contribution in [0.4, 0.5) is 18.9 Å². The molecule has 0 spiro atoms. The molecular formula is C21H26F3IN4. The molecule has 8 heteroatoms. The van der Waals surface area contributed by atoms with Crippen LogP contribution in [0.25, 0.3) is 0 Å². The van der Waals surface area contributed by atoms with Crippen molar-refractivity contribution in [2.75, 3.05) is 31.1 Å². The van der Waals surface area contributed by atoms with E-state index >= 15 is 0 Å². The normalized spacial score (nSPS) is 16.5. The van der Waals surface area contributed by atoms with E-state index in [-0.39, 0.29) is 29.8 Å². The minimum Gasteiger partial charge on any atom is -0.371 e. The van der Waals surface area contributed by atoms with Crippen molar-refractivity contribution < 1.29 is 13.2 Å². The zero-order valence-corrected chi connectivity index (χ0v) is 18.6. The van der Waals surface area contributed by atoms with E-state index in [4.69, 9.17) is 0 Å². The fraction of sp³-hybridized carbons (Fsp3) is 0.381. The van der Waals surface area contributed by atoms with Gasteiger partial charge in [-0.05, 0) is 49.1 Å². The summed E-state index contributed by atoms with van der Waals surface area (Å²) < 4.78 is 39.6. The summed E-state index contributed by atoms with van der Waals surface area (Å²) >= 11 is 0. The zero-order valence-electron chi connectivity index (χ0n) is 16.3. The minimum absolute atomic E-state index is 0. The number of anilines is 1. The van der Waals surface area contributed by atoms with Crippen LogP contribution in [0.3, 0.4) is 0 Å². The fourth-order valence-corrected chi connectivity index (χ4v) is 3.26. The summed E-state index contributed by atoms with van der Waals surface area (Å²) in [6, 6.07) is 10.3. The monoisotopic (exact) mass is 518 g/mol. The molecule has 2 N–H and O–H groups in total. The van der Waals surface area contributed by atoms with E-state index in [1.165, 1.54) is 24.3 Å². The van der Waals surface area contributed by atoms with E-state index in [0.29, 0.717) is 24.1 Å². The fourth-order valence-electron chi connectivity index (χ4n) is 3.26. The van der Waals surface area contributed by atoms with Crippen molar-refractivity contribution in [1.82, 2.24) is 10.6 Å². The molecule has 1 aliphatic heterocycles. The Kier molecular flexibility index (Phi) is 9.06. The molecule has 1 saturated heterocycles. The molecule has 3 rings (SSSR count). The van der Waals surface area contributed by atoms with E-state index in [1.54, 1.807) is 18.2 Å². The Hall–Kier alpha value is -1.97. The highest BCUT2D eigenvalue weighted by Crippen LogP contribution is 2.25. The summed E-state index contributed by atoms with van der Waals surface area (Å²) in [6.07, 6.45) is 0.962. The van der Waals surface area contributed by atoms with Gasteiger partial charge in [-0.15, -0.1) is 24.0 Å². The standard InChI is InChI=1S/C21H25F3N4.HI/c1-2-25-21(26-12-15-3-5-17(22)6-4-15)27-13-16-9-10-28(14-16)18-7-8-19(23)20(24)11-18;/h3-8,11,16H,2,9-10,12-14H2,1H3,(H2,25,26,27);1H. The van der Waals surface area contributed by atoms with Crippen LogP contribution < -0.4 is 15.5 Å². The number of benzene rings is 2. The Bertz CT molecular complexity index is 814. The molecule has 1 fully saturated rings. The first-order valence-electron chi connectivity index (χ1n) is 9.51. The van der Waals surface area contributed by atoms with Gasteiger partial charge in [0.25, 0.3) is 0 Å². The lowest BCUT2D eigenvalue weighted by molar-refractivity contribution is 0.508. The molecule has 2 aromatic carbocycles. The maximum Gasteiger partial charge on any atom is 0.191 e. The molecule has 2 aromatic rings. The lowest BCUT2D eigenvalue weighted by atomic mass is 10.1. The van der Waals surface area contributed by atoms with Crippen molar-refractivity contribution in [3.8, 4) is 0 Å². The van der Waals surface area contributed by atoms with Crippen LogP contribution in [-0.2, 0) is 6.54 Å². The Morgan fingerprint density at radius 1 is 1.07 bits per heavy atom. The first kappa shape index (κ1) is 23.3. The Morgan fingerprint density at radius 3 is 2.52 bits per heavy atom. The molecule has 0 aromatic heterocycles. The smallest absolute Gasteiger partial charge is 0.191 e. The number of nitrogens with one attached hydrogen (secondary N) is 2. The van der Waals surface area contributed by atoms with Crippen LogP contribution in [-0.4, -0.2) is 32.1 Å². The van der Waals surface area contributed by atoms with E-state index in [0.717, 1.165) is 38.2 Å². The molecule has 29 heavy (non-hydrogen) atoms. The van der Waals surface area contributed by atoms with Crippen LogP contribution in [0.2, 0.25) is 0 Å². The van der Waals surface area contributed by atoms with Crippen molar-refractivity contribution in [3.05, 3.63) is 65.5 Å². The van der Waals surface area contributed by atoms with E-state index in [9.17, 15) is 13.2 Å². The second-order valence-electron chi connectivity index (χ2n) is 6.90. The highest BCUT2D eigenvalue weighted by atomic mass is 127. The number of aliphatic imine (C=N–C) groups is 1. The Balaban J connectivity index is 0.00000300. The summed E-state index contributed by atoms with van der Waals surface area (Å²) in [5.74, 6) is -0.819. The molecule has 1 unspecified atom stereocenters. The van der Waals surface area contributed by atoms with Gasteiger partial charge in [-0.3, -0.25) is 0 Å². The number of nitrogens with zero attached hydrogens (tertiary/aromatic N) is 2. The zero-order chi connectivity index (χ0) is 19.9. The minimum atomic E-state index is -0.825. The summed E-state index contributed by atoms with van der Waals surface area (Å²) in [7, 11) is 0. The number of rotatable bonds is 6. The van der Waals surface area contributed by atoms with Gasteiger partial charge in [0.2, 0.25) is 0 Å². The maximum atomic E-state index is 13.5. The topological polar surface area (TPSA) is 39.7 Å². The SMILES string of the molecule is CCNC(=NCc1ccc(F)cc1)NCC1CCN(c2ccc(F)c(F)c2)C1.I. The summed E-state index contributed by atoms with van der Waals surface area (Å²) in [6.45, 7) is 5.50. The predicted molar refractivity (Wildman–Crippen MR) is 121 cm³/mol. The van der Waals surface area contributed by atoms with Gasteiger partial charge in [-0.25, -0.2) is 18.2 Å². The van der Waals surface area contributed by atoms with E-state index in [2.05, 4.69) is 20.5 Å². The van der Waals surface area contributed by atoms with Crippen molar-refractivity contribution in [3.63, 3.8) is 0 Å². The lowest BCUT2D eigenvalue weighted by Crippen LogP contribution is -2.40. The largest absolute Gasteiger partial charge is 0.371 e. The third-order valence-corrected chi connectivity index (χ3v) is 4.79. The summed E-state index contributed by atoms with van der Waals surface area (Å²) in [5, 5.41) is 6.55. The van der Waals surface area contributed by atoms with Crippen molar-refractivity contribution in [2.24, 2.45) is 10.9 Å². The molecule has 158 valence electrons. The molecule has 1 heterocycles. The van der Waals surface area contributed by atoms with E-state index in [1.807, 2.05) is 6.92 Å². The van der Waals surface area contributed by atoms with Gasteiger partial charge < -0.3 is 15.5 Å². The predicted octanol–water partition coefficient (Wildman–Crippen LogP) is 4.30. The van der Waals surface area contributed by atoms with Crippen LogP contribution in [0.1, 0.15) is 18.9 Å². The number of hydrogen-bond acceptors (Lipinski definition) is 2. The van der Waals surface area contributed by atoms with Gasteiger partial charge in [0.05, 0.1) is 6.54 Å². The van der Waals surface area contributed by atoms with Crippen LogP contribution in [0.15, 0.2) is 47.5 Å². The molecule has 4 nitrogen and oxygen atoms in total. The molecule has 1 aliphatic rings. The van der Waals surface area contributed by atoms with Gasteiger partial charge in [0, 0.05) is 37.9 Å². The quantitative estimate of drug-likeness (QED) is 0.341. The highest BCUT2D eigenvalue weighted by molar-refractivity contribution is 14.0. The van der Waals surface area contributed by atoms with Crippen molar-refractivity contribution >= 4 is 35.6 Å². The third kappa shape index (κ3) is 6.80. The molecule has 0 amide bonds. The van der Waals surface area contributed by atoms with Gasteiger partial charge >= 0.3 is 0 Å². The second-order valence-corrected chi connectivity index (χ2v) is 6.90. The first-order chi connectivity index (χ1) is 13.5. The lowest BCUT2D eigenvalue weighted by Gasteiger charge is -2.19.